The number of hydrogen-bond acceptors (Lipinski definition) is 5. The van der Waals surface area contributed by atoms with Crippen molar-refractivity contribution in [1.29, 1.82) is 0 Å². The van der Waals surface area contributed by atoms with Crippen molar-refractivity contribution in [3.8, 4) is 17.2 Å². The number of hydrogen-bond donors (Lipinski definition) is 1. The number of methoxy groups -OCH3 is 2. The summed E-state index contributed by atoms with van der Waals surface area (Å²) in [6.45, 7) is 2.53. The third kappa shape index (κ3) is 4.42. The summed E-state index contributed by atoms with van der Waals surface area (Å²) in [4.78, 5) is 0.189. The predicted octanol–water partition coefficient (Wildman–Crippen LogP) is 3.46. The lowest BCUT2D eigenvalue weighted by atomic mass is 9.92. The summed E-state index contributed by atoms with van der Waals surface area (Å²) in [5.41, 5.74) is 3.05. The molecular formula is C21H27NO5S. The topological polar surface area (TPSA) is 73.9 Å². The maximum absolute atomic E-state index is 13.0. The van der Waals surface area contributed by atoms with E-state index in [0.717, 1.165) is 36.8 Å². The van der Waals surface area contributed by atoms with Crippen molar-refractivity contribution >= 4 is 10.0 Å². The molecule has 3 rings (SSSR count). The van der Waals surface area contributed by atoms with E-state index in [-0.39, 0.29) is 11.4 Å². The van der Waals surface area contributed by atoms with Gasteiger partial charge in [-0.3, -0.25) is 0 Å². The molecule has 0 spiro atoms. The lowest BCUT2D eigenvalue weighted by Gasteiger charge is -2.19. The molecule has 0 amide bonds. The normalized spacial score (nSPS) is 13.7. The zero-order chi connectivity index (χ0) is 20.1. The summed E-state index contributed by atoms with van der Waals surface area (Å²) >= 11 is 0. The second kappa shape index (κ2) is 8.84. The van der Waals surface area contributed by atoms with Gasteiger partial charge in [0.1, 0.15) is 10.6 Å². The van der Waals surface area contributed by atoms with E-state index < -0.39 is 10.0 Å². The lowest BCUT2D eigenvalue weighted by Crippen LogP contribution is -2.24. The number of sulfonamides is 1. The Morgan fingerprint density at radius 3 is 2.25 bits per heavy atom. The number of aryl methyl sites for hydroxylation is 2. The average molecular weight is 406 g/mol. The van der Waals surface area contributed by atoms with Crippen LogP contribution in [0.1, 0.15) is 36.5 Å². The van der Waals surface area contributed by atoms with Crippen molar-refractivity contribution in [1.82, 2.24) is 4.72 Å². The molecule has 0 heterocycles. The van der Waals surface area contributed by atoms with E-state index in [1.165, 1.54) is 12.7 Å². The van der Waals surface area contributed by atoms with Gasteiger partial charge < -0.3 is 14.2 Å². The van der Waals surface area contributed by atoms with Gasteiger partial charge in [0.05, 0.1) is 20.8 Å². The highest BCUT2D eigenvalue weighted by Gasteiger charge is 2.23. The lowest BCUT2D eigenvalue weighted by molar-refractivity contribution is 0.310. The van der Waals surface area contributed by atoms with E-state index in [1.807, 2.05) is 19.1 Å². The highest BCUT2D eigenvalue weighted by molar-refractivity contribution is 7.89. The van der Waals surface area contributed by atoms with E-state index in [0.29, 0.717) is 23.9 Å². The highest BCUT2D eigenvalue weighted by Crippen LogP contribution is 2.32. The molecule has 1 N–H and O–H groups in total. The quantitative estimate of drug-likeness (QED) is 0.728. The smallest absolute Gasteiger partial charge is 0.244 e. The first kappa shape index (κ1) is 20.5. The minimum atomic E-state index is -3.72. The largest absolute Gasteiger partial charge is 0.495 e. The van der Waals surface area contributed by atoms with Gasteiger partial charge in [-0.25, -0.2) is 13.1 Å². The van der Waals surface area contributed by atoms with Gasteiger partial charge in [0.2, 0.25) is 10.0 Å². The molecule has 6 nitrogen and oxygen atoms in total. The number of ether oxygens (including phenoxy) is 3. The molecule has 0 unspecified atom stereocenters. The van der Waals surface area contributed by atoms with E-state index in [4.69, 9.17) is 14.2 Å². The third-order valence-electron chi connectivity index (χ3n) is 4.91. The van der Waals surface area contributed by atoms with Crippen LogP contribution >= 0.6 is 0 Å². The van der Waals surface area contributed by atoms with Crippen LogP contribution in [0.25, 0.3) is 0 Å². The highest BCUT2D eigenvalue weighted by atomic mass is 32.2. The molecule has 2 aromatic rings. The first-order valence-corrected chi connectivity index (χ1v) is 11.0. The maximum atomic E-state index is 13.0. The second-order valence-electron chi connectivity index (χ2n) is 6.72. The first-order valence-electron chi connectivity index (χ1n) is 9.47. The Labute approximate surface area is 166 Å². The van der Waals surface area contributed by atoms with Crippen molar-refractivity contribution < 1.29 is 22.6 Å². The number of nitrogens with one attached hydrogen (secondary N) is 1. The van der Waals surface area contributed by atoms with Crippen LogP contribution in [0, 0.1) is 0 Å². The summed E-state index contributed by atoms with van der Waals surface area (Å²) < 4.78 is 44.8. The molecule has 7 heteroatoms. The molecule has 0 aliphatic heterocycles. The zero-order valence-electron chi connectivity index (χ0n) is 16.6. The average Bonchev–Trinajstić information content (AvgIpc) is 2.71. The van der Waals surface area contributed by atoms with Crippen LogP contribution in [0.5, 0.6) is 17.2 Å². The van der Waals surface area contributed by atoms with Gasteiger partial charge in [0, 0.05) is 6.54 Å². The SMILES string of the molecule is CCOc1cc(CNS(=O)(=O)c2cc3c(cc2OC)CCCC3)ccc1OC. The van der Waals surface area contributed by atoms with Crippen molar-refractivity contribution in [3.05, 3.63) is 47.0 Å². The maximum Gasteiger partial charge on any atom is 0.244 e. The summed E-state index contributed by atoms with van der Waals surface area (Å²) in [5, 5.41) is 0. The molecule has 152 valence electrons. The Balaban J connectivity index is 1.83. The molecule has 1 aliphatic carbocycles. The van der Waals surface area contributed by atoms with Gasteiger partial charge in [0.15, 0.2) is 11.5 Å². The number of rotatable bonds is 8. The van der Waals surface area contributed by atoms with Crippen molar-refractivity contribution in [2.24, 2.45) is 0 Å². The Morgan fingerprint density at radius 1 is 0.929 bits per heavy atom. The van der Waals surface area contributed by atoms with Gasteiger partial charge in [-0.1, -0.05) is 6.07 Å². The number of fused-ring (bicyclic) bond motifs is 1. The zero-order valence-corrected chi connectivity index (χ0v) is 17.4. The second-order valence-corrected chi connectivity index (χ2v) is 8.46. The molecule has 0 aromatic heterocycles. The number of benzene rings is 2. The fourth-order valence-corrected chi connectivity index (χ4v) is 4.68. The standard InChI is InChI=1S/C21H27NO5S/c1-4-27-19-11-15(9-10-18(19)25-2)14-22-28(23,24)21-13-17-8-6-5-7-16(17)12-20(21)26-3/h9-13,22H,4-8,14H2,1-3H3. The van der Waals surface area contributed by atoms with E-state index in [2.05, 4.69) is 4.72 Å². The van der Waals surface area contributed by atoms with Gasteiger partial charge in [-0.15, -0.1) is 0 Å². The third-order valence-corrected chi connectivity index (χ3v) is 6.33. The van der Waals surface area contributed by atoms with Gasteiger partial charge in [0.25, 0.3) is 0 Å². The molecular weight excluding hydrogens is 378 g/mol. The Kier molecular flexibility index (Phi) is 6.46. The molecule has 0 bridgehead atoms. The summed E-state index contributed by atoms with van der Waals surface area (Å²) in [6, 6.07) is 9.00. The van der Waals surface area contributed by atoms with Crippen LogP contribution < -0.4 is 18.9 Å². The molecule has 0 saturated carbocycles. The Bertz CT molecular complexity index is 940. The summed E-state index contributed by atoms with van der Waals surface area (Å²) in [5.74, 6) is 1.59. The van der Waals surface area contributed by atoms with E-state index in [9.17, 15) is 8.42 Å². The van der Waals surface area contributed by atoms with Gasteiger partial charge in [-0.05, 0) is 73.6 Å². The Morgan fingerprint density at radius 2 is 1.61 bits per heavy atom. The van der Waals surface area contributed by atoms with Crippen LogP contribution in [0.3, 0.4) is 0 Å². The predicted molar refractivity (Wildman–Crippen MR) is 108 cm³/mol. The molecule has 0 atom stereocenters. The molecule has 1 aliphatic rings. The van der Waals surface area contributed by atoms with Crippen molar-refractivity contribution in [2.45, 2.75) is 44.0 Å². The molecule has 28 heavy (non-hydrogen) atoms. The summed E-state index contributed by atoms with van der Waals surface area (Å²) in [6.07, 6.45) is 4.07. The Hall–Kier alpha value is -2.25. The van der Waals surface area contributed by atoms with Crippen LogP contribution in [-0.2, 0) is 29.4 Å². The first-order chi connectivity index (χ1) is 13.5. The fourth-order valence-electron chi connectivity index (χ4n) is 3.47. The molecule has 0 radical (unpaired) electrons. The van der Waals surface area contributed by atoms with Gasteiger partial charge in [-0.2, -0.15) is 0 Å². The van der Waals surface area contributed by atoms with Crippen LogP contribution in [-0.4, -0.2) is 29.2 Å². The monoisotopic (exact) mass is 405 g/mol. The molecule has 0 saturated heterocycles. The molecule has 0 fully saturated rings. The van der Waals surface area contributed by atoms with Crippen molar-refractivity contribution in [2.75, 3.05) is 20.8 Å². The van der Waals surface area contributed by atoms with E-state index >= 15 is 0 Å². The van der Waals surface area contributed by atoms with Crippen LogP contribution in [0.2, 0.25) is 0 Å². The molecule has 2 aromatic carbocycles. The summed E-state index contributed by atoms with van der Waals surface area (Å²) in [7, 11) is -0.649. The minimum Gasteiger partial charge on any atom is -0.495 e. The fraction of sp³-hybridized carbons (Fsp3) is 0.429. The van der Waals surface area contributed by atoms with E-state index in [1.54, 1.807) is 25.3 Å². The van der Waals surface area contributed by atoms with Gasteiger partial charge >= 0.3 is 0 Å². The van der Waals surface area contributed by atoms with Crippen LogP contribution in [0.15, 0.2) is 35.2 Å². The van der Waals surface area contributed by atoms with Crippen molar-refractivity contribution in [3.63, 3.8) is 0 Å². The minimum absolute atomic E-state index is 0.145. The van der Waals surface area contributed by atoms with Crippen LogP contribution in [0.4, 0.5) is 0 Å².